The number of nitrogens with two attached hydrogens (primary N) is 2. The van der Waals surface area contributed by atoms with E-state index in [4.69, 9.17) is 16.6 Å². The Morgan fingerprint density at radius 2 is 2.20 bits per heavy atom. The van der Waals surface area contributed by atoms with Crippen molar-refractivity contribution >= 4 is 11.8 Å². The summed E-state index contributed by atoms with van der Waals surface area (Å²) in [6.45, 7) is 3.23. The molecular weight excluding hydrogens is 201 g/mol. The van der Waals surface area contributed by atoms with Gasteiger partial charge in [-0.1, -0.05) is 0 Å². The van der Waals surface area contributed by atoms with Gasteiger partial charge in [-0.2, -0.15) is 0 Å². The highest BCUT2D eigenvalue weighted by molar-refractivity contribution is 5.77. The van der Waals surface area contributed by atoms with E-state index in [0.29, 0.717) is 5.84 Å². The molecule has 0 aromatic heterocycles. The molecule has 0 aliphatic heterocycles. The minimum atomic E-state index is -1.23. The molecule has 6 heteroatoms. The van der Waals surface area contributed by atoms with E-state index in [1.807, 2.05) is 0 Å². The van der Waals surface area contributed by atoms with Gasteiger partial charge in [-0.05, 0) is 19.9 Å². The second kappa shape index (κ2) is 6.13. The van der Waals surface area contributed by atoms with Gasteiger partial charge < -0.3 is 16.6 Å². The Kier molecular flexibility index (Phi) is 5.54. The summed E-state index contributed by atoms with van der Waals surface area (Å²) in [4.78, 5) is 14.2. The van der Waals surface area contributed by atoms with Crippen molar-refractivity contribution in [2.75, 3.05) is 0 Å². The molecule has 15 heavy (non-hydrogen) atoms. The summed E-state index contributed by atoms with van der Waals surface area (Å²) in [5.74, 6) is -1.49. The fraction of sp³-hybridized carbons (Fsp3) is 0.556. The Hall–Kier alpha value is -1.43. The molecule has 0 radical (unpaired) electrons. The first kappa shape index (κ1) is 13.6. The molecule has 2 atom stereocenters. The van der Waals surface area contributed by atoms with E-state index in [1.54, 1.807) is 13.8 Å². The third kappa shape index (κ3) is 6.62. The summed E-state index contributed by atoms with van der Waals surface area (Å²) < 4.78 is 13.1. The molecule has 0 spiro atoms. The lowest BCUT2D eigenvalue weighted by Crippen LogP contribution is -2.30. The second-order valence-corrected chi connectivity index (χ2v) is 3.27. The lowest BCUT2D eigenvalue weighted by Gasteiger charge is -2.05. The number of aliphatic carboxylic acids is 1. The number of nitrogens with zero attached hydrogens (tertiary/aromatic N) is 1. The molecule has 0 aliphatic rings. The number of rotatable bonds is 5. The monoisotopic (exact) mass is 217 g/mol. The van der Waals surface area contributed by atoms with Crippen LogP contribution in [0.1, 0.15) is 20.3 Å². The van der Waals surface area contributed by atoms with Crippen molar-refractivity contribution in [3.63, 3.8) is 0 Å². The average molecular weight is 217 g/mol. The van der Waals surface area contributed by atoms with Crippen molar-refractivity contribution in [3.05, 3.63) is 11.9 Å². The first-order valence-electron chi connectivity index (χ1n) is 4.47. The number of amidine groups is 1. The van der Waals surface area contributed by atoms with Crippen LogP contribution in [0.5, 0.6) is 0 Å². The zero-order chi connectivity index (χ0) is 12.0. The van der Waals surface area contributed by atoms with Crippen LogP contribution in [0, 0.1) is 0 Å². The van der Waals surface area contributed by atoms with Gasteiger partial charge in [-0.15, -0.1) is 0 Å². The summed E-state index contributed by atoms with van der Waals surface area (Å²) in [6, 6.07) is -1.65. The standard InChI is InChI=1S/C9H16FN3O2/c1-5(13-6(2)11)3-7(10)4-8(12)9(14)15/h3,5,8H,4,12H2,1-2H3,(H2,11,13)(H,14,15)/b7-3-/t5?,8-/m0/s1. The van der Waals surface area contributed by atoms with E-state index >= 15 is 0 Å². The van der Waals surface area contributed by atoms with E-state index < -0.39 is 23.9 Å². The Morgan fingerprint density at radius 1 is 1.67 bits per heavy atom. The maximum atomic E-state index is 13.1. The average Bonchev–Trinajstić information content (AvgIpc) is 2.00. The smallest absolute Gasteiger partial charge is 0.320 e. The lowest BCUT2D eigenvalue weighted by molar-refractivity contribution is -0.138. The van der Waals surface area contributed by atoms with Gasteiger partial charge in [0.2, 0.25) is 0 Å². The van der Waals surface area contributed by atoms with Crippen LogP contribution in [0.25, 0.3) is 0 Å². The molecule has 0 heterocycles. The zero-order valence-corrected chi connectivity index (χ0v) is 8.77. The maximum Gasteiger partial charge on any atom is 0.320 e. The molecule has 0 aromatic carbocycles. The Labute approximate surface area is 87.7 Å². The van der Waals surface area contributed by atoms with E-state index in [-0.39, 0.29) is 6.42 Å². The third-order valence-corrected chi connectivity index (χ3v) is 1.56. The van der Waals surface area contributed by atoms with Crippen LogP contribution in [0.3, 0.4) is 0 Å². The van der Waals surface area contributed by atoms with Crippen LogP contribution in [-0.2, 0) is 4.79 Å². The number of carbonyl (C=O) groups is 1. The van der Waals surface area contributed by atoms with Gasteiger partial charge in [0.1, 0.15) is 11.9 Å². The second-order valence-electron chi connectivity index (χ2n) is 3.27. The number of carboxylic acids is 1. The van der Waals surface area contributed by atoms with Crippen molar-refractivity contribution in [1.82, 2.24) is 0 Å². The van der Waals surface area contributed by atoms with Gasteiger partial charge in [-0.3, -0.25) is 9.79 Å². The molecule has 0 aromatic rings. The highest BCUT2D eigenvalue weighted by Gasteiger charge is 2.14. The van der Waals surface area contributed by atoms with Gasteiger partial charge in [0, 0.05) is 6.42 Å². The minimum Gasteiger partial charge on any atom is -0.480 e. The predicted octanol–water partition coefficient (Wildman–Crippen LogP) is 0.407. The SMILES string of the molecule is CC(N)=NC(C)/C=C(\F)C[C@H](N)C(=O)O. The molecule has 5 N–H and O–H groups in total. The third-order valence-electron chi connectivity index (χ3n) is 1.56. The molecule has 0 amide bonds. The Balaban J connectivity index is 4.32. The molecule has 0 rings (SSSR count). The molecule has 0 bridgehead atoms. The number of carboxylic acid groups (broad SMARTS) is 1. The summed E-state index contributed by atoms with van der Waals surface area (Å²) >= 11 is 0. The van der Waals surface area contributed by atoms with E-state index in [1.165, 1.54) is 6.08 Å². The predicted molar refractivity (Wildman–Crippen MR) is 56.2 cm³/mol. The number of aliphatic imine (C=N–C) groups is 1. The van der Waals surface area contributed by atoms with Crippen LogP contribution in [0.15, 0.2) is 16.9 Å². The molecule has 0 saturated carbocycles. The fourth-order valence-corrected chi connectivity index (χ4v) is 0.986. The molecule has 1 unspecified atom stereocenters. The van der Waals surface area contributed by atoms with E-state index in [9.17, 15) is 9.18 Å². The van der Waals surface area contributed by atoms with Crippen LogP contribution < -0.4 is 11.5 Å². The highest BCUT2D eigenvalue weighted by atomic mass is 19.1. The quantitative estimate of drug-likeness (QED) is 0.458. The van der Waals surface area contributed by atoms with Gasteiger partial charge in [0.15, 0.2) is 0 Å². The van der Waals surface area contributed by atoms with Crippen molar-refractivity contribution in [2.24, 2.45) is 16.5 Å². The maximum absolute atomic E-state index is 13.1. The fourth-order valence-electron chi connectivity index (χ4n) is 0.986. The minimum absolute atomic E-state index is 0.335. The summed E-state index contributed by atoms with van der Waals surface area (Å²) in [5.41, 5.74) is 10.5. The zero-order valence-electron chi connectivity index (χ0n) is 8.77. The molecule has 86 valence electrons. The van der Waals surface area contributed by atoms with E-state index in [2.05, 4.69) is 4.99 Å². The van der Waals surface area contributed by atoms with Crippen molar-refractivity contribution in [1.29, 1.82) is 0 Å². The largest absolute Gasteiger partial charge is 0.480 e. The van der Waals surface area contributed by atoms with Crippen molar-refractivity contribution in [3.8, 4) is 0 Å². The molecular formula is C9H16FN3O2. The van der Waals surface area contributed by atoms with Gasteiger partial charge >= 0.3 is 5.97 Å². The molecule has 0 aliphatic carbocycles. The van der Waals surface area contributed by atoms with Gasteiger partial charge in [-0.25, -0.2) is 4.39 Å². The molecule has 0 saturated heterocycles. The van der Waals surface area contributed by atoms with Gasteiger partial charge in [0.25, 0.3) is 0 Å². The highest BCUT2D eigenvalue weighted by Crippen LogP contribution is 2.08. The van der Waals surface area contributed by atoms with Gasteiger partial charge in [0.05, 0.1) is 11.9 Å². The van der Waals surface area contributed by atoms with Crippen LogP contribution in [0.4, 0.5) is 4.39 Å². The van der Waals surface area contributed by atoms with Crippen molar-refractivity contribution < 1.29 is 14.3 Å². The van der Waals surface area contributed by atoms with E-state index in [0.717, 1.165) is 0 Å². The van der Waals surface area contributed by atoms with Crippen LogP contribution >= 0.6 is 0 Å². The number of hydrogen-bond donors (Lipinski definition) is 3. The molecule has 0 fully saturated rings. The Morgan fingerprint density at radius 3 is 2.60 bits per heavy atom. The van der Waals surface area contributed by atoms with Crippen LogP contribution in [0.2, 0.25) is 0 Å². The summed E-state index contributed by atoms with van der Waals surface area (Å²) in [5, 5.41) is 8.44. The lowest BCUT2D eigenvalue weighted by atomic mass is 10.2. The summed E-state index contributed by atoms with van der Waals surface area (Å²) in [6.07, 6.45) is 0.859. The topological polar surface area (TPSA) is 102 Å². The van der Waals surface area contributed by atoms with Crippen molar-refractivity contribution in [2.45, 2.75) is 32.4 Å². The number of halogens is 1. The molecule has 5 nitrogen and oxygen atoms in total. The Bertz CT molecular complexity index is 285. The first-order valence-corrected chi connectivity index (χ1v) is 4.47. The number of hydrogen-bond acceptors (Lipinski definition) is 3. The first-order chi connectivity index (χ1) is 6.82. The summed E-state index contributed by atoms with van der Waals surface area (Å²) in [7, 11) is 0. The normalized spacial score (nSPS) is 17.3. The van der Waals surface area contributed by atoms with Crippen LogP contribution in [-0.4, -0.2) is 29.0 Å².